The fourth-order valence-corrected chi connectivity index (χ4v) is 6.43. The summed E-state index contributed by atoms with van der Waals surface area (Å²) in [5, 5.41) is 10.3. The molecule has 210 valence electrons. The van der Waals surface area contributed by atoms with E-state index in [-0.39, 0.29) is 39.0 Å². The van der Waals surface area contributed by atoms with Crippen LogP contribution in [0.1, 0.15) is 75.1 Å². The Morgan fingerprint density at radius 2 is 1.64 bits per heavy atom. The van der Waals surface area contributed by atoms with Crippen LogP contribution in [-0.2, 0) is 26.8 Å². The molecule has 0 aliphatic carbocycles. The number of amides is 1. The molecule has 0 saturated heterocycles. The van der Waals surface area contributed by atoms with Crippen LogP contribution in [0.15, 0.2) is 40.7 Å². The number of aromatic nitrogens is 1. The second-order valence-corrected chi connectivity index (χ2v) is 13.5. The minimum Gasteiger partial charge on any atom is -0.395 e. The summed E-state index contributed by atoms with van der Waals surface area (Å²) in [4.78, 5) is 17.0. The lowest BCUT2D eigenvalue weighted by Crippen LogP contribution is -2.32. The van der Waals surface area contributed by atoms with E-state index in [1.807, 2.05) is 39.8 Å². The van der Waals surface area contributed by atoms with Crippen LogP contribution in [0.4, 0.5) is 8.78 Å². The summed E-state index contributed by atoms with van der Waals surface area (Å²) >= 11 is 0.789. The fourth-order valence-electron chi connectivity index (χ4n) is 4.31. The third kappa shape index (κ3) is 6.23. The number of alkyl halides is 2. The average molecular weight is 581 g/mol. The van der Waals surface area contributed by atoms with Crippen LogP contribution in [0.3, 0.4) is 0 Å². The number of thiazole rings is 1. The second-order valence-electron chi connectivity index (χ2n) is 10.5. The van der Waals surface area contributed by atoms with Gasteiger partial charge in [-0.05, 0) is 65.6 Å². The number of ether oxygens (including phenoxy) is 2. The maximum absolute atomic E-state index is 13.5. The molecule has 1 aliphatic heterocycles. The molecule has 2 aromatic carbocycles. The number of halogens is 2. The first-order valence-corrected chi connectivity index (χ1v) is 14.6. The Labute approximate surface area is 230 Å². The normalized spacial score (nSPS) is 14.7. The van der Waals surface area contributed by atoms with Gasteiger partial charge in [0, 0.05) is 0 Å². The van der Waals surface area contributed by atoms with Crippen LogP contribution in [0.2, 0.25) is 0 Å². The quantitative estimate of drug-likeness (QED) is 0.354. The molecule has 39 heavy (non-hydrogen) atoms. The molecule has 8 nitrogen and oxygen atoms in total. The largest absolute Gasteiger partial charge is 0.586 e. The Morgan fingerprint density at radius 3 is 2.18 bits per heavy atom. The number of sulfonamides is 1. The maximum Gasteiger partial charge on any atom is 0.586 e. The zero-order valence-corrected chi connectivity index (χ0v) is 24.0. The zero-order chi connectivity index (χ0) is 28.9. The summed E-state index contributed by atoms with van der Waals surface area (Å²) in [7, 11) is -4.19. The van der Waals surface area contributed by atoms with Crippen molar-refractivity contribution in [3.05, 3.63) is 58.2 Å². The zero-order valence-electron chi connectivity index (χ0n) is 22.3. The van der Waals surface area contributed by atoms with Gasteiger partial charge in [-0.15, -0.1) is 20.1 Å². The molecule has 0 bridgehead atoms. The number of fused-ring (bicyclic) bond motifs is 1. The van der Waals surface area contributed by atoms with Gasteiger partial charge in [-0.1, -0.05) is 45.9 Å². The van der Waals surface area contributed by atoms with Gasteiger partial charge in [0.15, 0.2) is 15.7 Å². The summed E-state index contributed by atoms with van der Waals surface area (Å²) in [5.41, 5.74) is 2.41. The summed E-state index contributed by atoms with van der Waals surface area (Å²) < 4.78 is 63.8. The minimum absolute atomic E-state index is 0.0314. The molecule has 1 amide bonds. The molecule has 0 unspecified atom stereocenters. The highest BCUT2D eigenvalue weighted by atomic mass is 32.2. The van der Waals surface area contributed by atoms with Crippen molar-refractivity contribution in [3.63, 3.8) is 0 Å². The molecule has 2 N–H and O–H groups in total. The van der Waals surface area contributed by atoms with Gasteiger partial charge in [0.05, 0.1) is 12.6 Å². The molecule has 4 rings (SSSR count). The number of benzene rings is 2. The number of carbonyl (C=O) groups is 1. The molecule has 3 aromatic rings. The van der Waals surface area contributed by atoms with Gasteiger partial charge in [-0.2, -0.15) is 0 Å². The number of hydrogen-bond donors (Lipinski definition) is 2. The maximum atomic E-state index is 13.5. The number of aliphatic hydroxyl groups is 1. The van der Waals surface area contributed by atoms with Crippen LogP contribution in [0.5, 0.6) is 11.5 Å². The standard InChI is InChI=1S/C27H30F2N2O6S2/c1-14(2)18-9-17(16-7-8-21-22(11-16)37-27(28,29)36-21)10-19(15(3)4)20(18)12-23(32)31-39(34,35)24-13-30-25(38-24)26(5,6)33/h7-11,13-15,33H,12H2,1-6H3,(H,31,32). The predicted octanol–water partition coefficient (Wildman–Crippen LogP) is 5.65. The Hall–Kier alpha value is -3.09. The van der Waals surface area contributed by atoms with Gasteiger partial charge in [-0.25, -0.2) is 18.1 Å². The Kier molecular flexibility index (Phi) is 7.52. The number of carbonyl (C=O) groups excluding carboxylic acids is 1. The van der Waals surface area contributed by atoms with E-state index in [4.69, 9.17) is 0 Å². The molecule has 1 aromatic heterocycles. The molecule has 0 atom stereocenters. The third-order valence-electron chi connectivity index (χ3n) is 6.16. The third-order valence-corrected chi connectivity index (χ3v) is 9.30. The first kappa shape index (κ1) is 28.9. The number of nitrogens with zero attached hydrogens (tertiary/aromatic N) is 1. The summed E-state index contributed by atoms with van der Waals surface area (Å²) in [6, 6.07) is 8.31. The van der Waals surface area contributed by atoms with Crippen molar-refractivity contribution in [2.24, 2.45) is 0 Å². The lowest BCUT2D eigenvalue weighted by molar-refractivity contribution is -0.286. The van der Waals surface area contributed by atoms with E-state index in [1.54, 1.807) is 6.07 Å². The van der Waals surface area contributed by atoms with Gasteiger partial charge in [0.1, 0.15) is 10.6 Å². The highest BCUT2D eigenvalue weighted by Gasteiger charge is 2.43. The van der Waals surface area contributed by atoms with Crippen molar-refractivity contribution in [1.82, 2.24) is 9.71 Å². The van der Waals surface area contributed by atoms with Crippen LogP contribution >= 0.6 is 11.3 Å². The average Bonchev–Trinajstić information content (AvgIpc) is 3.42. The van der Waals surface area contributed by atoms with E-state index < -0.39 is 27.8 Å². The molecule has 0 spiro atoms. The molecule has 1 aliphatic rings. The molecule has 2 heterocycles. The van der Waals surface area contributed by atoms with Crippen LogP contribution in [0.25, 0.3) is 11.1 Å². The molecular formula is C27H30F2N2O6S2. The summed E-state index contributed by atoms with van der Waals surface area (Å²) in [6.45, 7) is 10.8. The molecule has 0 radical (unpaired) electrons. The van der Waals surface area contributed by atoms with Gasteiger partial charge in [0.2, 0.25) is 5.91 Å². The molecule has 12 heteroatoms. The van der Waals surface area contributed by atoms with Gasteiger partial charge in [0.25, 0.3) is 10.0 Å². The highest BCUT2D eigenvalue weighted by Crippen LogP contribution is 2.44. The lowest BCUT2D eigenvalue weighted by atomic mass is 9.84. The SMILES string of the molecule is CC(C)c1cc(-c2ccc3c(c2)OC(F)(F)O3)cc(C(C)C)c1CC(=O)NS(=O)(=O)c1cnc(C(C)(C)O)s1. The molecule has 0 fully saturated rings. The number of nitrogens with one attached hydrogen (secondary N) is 1. The van der Waals surface area contributed by atoms with Gasteiger partial charge < -0.3 is 14.6 Å². The van der Waals surface area contributed by atoms with Crippen molar-refractivity contribution >= 4 is 27.3 Å². The van der Waals surface area contributed by atoms with Crippen molar-refractivity contribution in [1.29, 1.82) is 0 Å². The van der Waals surface area contributed by atoms with E-state index in [2.05, 4.69) is 19.2 Å². The summed E-state index contributed by atoms with van der Waals surface area (Å²) in [5.74, 6) is -0.900. The number of rotatable bonds is 8. The predicted molar refractivity (Wildman–Crippen MR) is 143 cm³/mol. The van der Waals surface area contributed by atoms with Crippen molar-refractivity contribution in [3.8, 4) is 22.6 Å². The number of hydrogen-bond acceptors (Lipinski definition) is 8. The minimum atomic E-state index is -4.19. The van der Waals surface area contributed by atoms with Gasteiger partial charge in [-0.3, -0.25) is 4.79 Å². The first-order chi connectivity index (χ1) is 18.0. The lowest BCUT2D eigenvalue weighted by Gasteiger charge is -2.22. The summed E-state index contributed by atoms with van der Waals surface area (Å²) in [6.07, 6.45) is -2.80. The fraction of sp³-hybridized carbons (Fsp3) is 0.407. The first-order valence-electron chi connectivity index (χ1n) is 12.3. The van der Waals surface area contributed by atoms with Gasteiger partial charge >= 0.3 is 6.29 Å². The van der Waals surface area contributed by atoms with Crippen molar-refractivity contribution in [2.45, 2.75) is 75.9 Å². The highest BCUT2D eigenvalue weighted by molar-refractivity contribution is 7.92. The van der Waals surface area contributed by atoms with Crippen molar-refractivity contribution in [2.75, 3.05) is 0 Å². The topological polar surface area (TPSA) is 115 Å². The van der Waals surface area contributed by atoms with Crippen molar-refractivity contribution < 1.29 is 36.6 Å². The van der Waals surface area contributed by atoms with E-state index >= 15 is 0 Å². The van der Waals surface area contributed by atoms with E-state index in [9.17, 15) is 27.1 Å². The Balaban J connectivity index is 1.66. The molecular weight excluding hydrogens is 550 g/mol. The smallest absolute Gasteiger partial charge is 0.395 e. The van der Waals surface area contributed by atoms with E-state index in [0.29, 0.717) is 11.1 Å². The second kappa shape index (κ2) is 10.1. The van der Waals surface area contributed by atoms with Crippen LogP contribution < -0.4 is 14.2 Å². The monoisotopic (exact) mass is 580 g/mol. The Bertz CT molecular complexity index is 1500. The Morgan fingerprint density at radius 1 is 1.05 bits per heavy atom. The van der Waals surface area contributed by atoms with E-state index in [0.717, 1.165) is 34.2 Å². The van der Waals surface area contributed by atoms with E-state index in [1.165, 1.54) is 26.0 Å². The van der Waals surface area contributed by atoms with Crippen LogP contribution in [0, 0.1) is 0 Å². The van der Waals surface area contributed by atoms with Crippen LogP contribution in [-0.4, -0.2) is 30.7 Å². The molecule has 0 saturated carbocycles.